The molecule has 1 aromatic carbocycles. The van der Waals surface area contributed by atoms with E-state index >= 15 is 0 Å². The standard InChI is InChI=1S/C13H20ClNO2/c1-8-6-10(17-5)11(9(2)12(8)14)13(3,16)7-15-4/h6,15-16H,7H2,1-5H3. The van der Waals surface area contributed by atoms with Gasteiger partial charge in [0, 0.05) is 17.1 Å². The Morgan fingerprint density at radius 2 is 2.06 bits per heavy atom. The second kappa shape index (κ2) is 5.25. The second-order valence-corrected chi connectivity index (χ2v) is 4.89. The fourth-order valence-corrected chi connectivity index (χ4v) is 2.33. The van der Waals surface area contributed by atoms with Crippen LogP contribution in [0.1, 0.15) is 23.6 Å². The van der Waals surface area contributed by atoms with Gasteiger partial charge in [-0.2, -0.15) is 0 Å². The quantitative estimate of drug-likeness (QED) is 0.870. The zero-order chi connectivity index (χ0) is 13.2. The highest BCUT2D eigenvalue weighted by Gasteiger charge is 2.29. The van der Waals surface area contributed by atoms with Crippen molar-refractivity contribution in [1.82, 2.24) is 5.32 Å². The molecule has 0 heterocycles. The Labute approximate surface area is 108 Å². The van der Waals surface area contributed by atoms with Crippen molar-refractivity contribution in [2.24, 2.45) is 0 Å². The maximum Gasteiger partial charge on any atom is 0.125 e. The van der Waals surface area contributed by atoms with Crippen LogP contribution in [-0.2, 0) is 5.60 Å². The van der Waals surface area contributed by atoms with Crippen LogP contribution in [-0.4, -0.2) is 25.8 Å². The number of nitrogens with one attached hydrogen (secondary N) is 1. The maximum atomic E-state index is 10.5. The Kier molecular flexibility index (Phi) is 4.42. The van der Waals surface area contributed by atoms with E-state index in [0.29, 0.717) is 17.3 Å². The Morgan fingerprint density at radius 1 is 1.47 bits per heavy atom. The molecule has 0 aromatic heterocycles. The highest BCUT2D eigenvalue weighted by Crippen LogP contribution is 2.38. The lowest BCUT2D eigenvalue weighted by molar-refractivity contribution is 0.0558. The summed E-state index contributed by atoms with van der Waals surface area (Å²) in [6.45, 7) is 6.01. The number of halogens is 1. The Hall–Kier alpha value is -0.770. The van der Waals surface area contributed by atoms with Crippen molar-refractivity contribution in [3.8, 4) is 5.75 Å². The second-order valence-electron chi connectivity index (χ2n) is 4.51. The molecule has 0 amide bonds. The molecule has 0 aliphatic heterocycles. The van der Waals surface area contributed by atoms with Gasteiger partial charge in [-0.15, -0.1) is 0 Å². The van der Waals surface area contributed by atoms with Gasteiger partial charge < -0.3 is 15.2 Å². The minimum atomic E-state index is -1.01. The zero-order valence-electron chi connectivity index (χ0n) is 11.0. The van der Waals surface area contributed by atoms with E-state index in [2.05, 4.69) is 5.32 Å². The van der Waals surface area contributed by atoms with E-state index in [4.69, 9.17) is 16.3 Å². The van der Waals surface area contributed by atoms with Gasteiger partial charge in [0.05, 0.1) is 7.11 Å². The molecule has 0 spiro atoms. The van der Waals surface area contributed by atoms with Crippen molar-refractivity contribution < 1.29 is 9.84 Å². The lowest BCUT2D eigenvalue weighted by atomic mass is 9.89. The smallest absolute Gasteiger partial charge is 0.125 e. The molecule has 0 aliphatic carbocycles. The molecule has 0 bridgehead atoms. The third kappa shape index (κ3) is 2.73. The molecule has 1 atom stereocenters. The van der Waals surface area contributed by atoms with Gasteiger partial charge >= 0.3 is 0 Å². The van der Waals surface area contributed by atoms with Crippen LogP contribution >= 0.6 is 11.6 Å². The number of hydrogen-bond donors (Lipinski definition) is 2. The first-order chi connectivity index (χ1) is 7.85. The van der Waals surface area contributed by atoms with Crippen molar-refractivity contribution in [3.63, 3.8) is 0 Å². The summed E-state index contributed by atoms with van der Waals surface area (Å²) in [6.07, 6.45) is 0. The number of hydrogen-bond acceptors (Lipinski definition) is 3. The zero-order valence-corrected chi connectivity index (χ0v) is 11.8. The highest BCUT2D eigenvalue weighted by atomic mass is 35.5. The van der Waals surface area contributed by atoms with E-state index in [1.54, 1.807) is 21.1 Å². The van der Waals surface area contributed by atoms with Crippen LogP contribution < -0.4 is 10.1 Å². The monoisotopic (exact) mass is 257 g/mol. The normalized spacial score (nSPS) is 14.5. The first kappa shape index (κ1) is 14.3. The molecule has 4 heteroatoms. The molecule has 1 unspecified atom stereocenters. The van der Waals surface area contributed by atoms with Crippen molar-refractivity contribution in [2.75, 3.05) is 20.7 Å². The summed E-state index contributed by atoms with van der Waals surface area (Å²) in [6, 6.07) is 1.86. The molecule has 0 aliphatic rings. The molecule has 1 rings (SSSR count). The molecule has 2 N–H and O–H groups in total. The van der Waals surface area contributed by atoms with Crippen LogP contribution in [0, 0.1) is 13.8 Å². The summed E-state index contributed by atoms with van der Waals surface area (Å²) in [5, 5.41) is 14.1. The molecule has 17 heavy (non-hydrogen) atoms. The van der Waals surface area contributed by atoms with E-state index in [9.17, 15) is 5.11 Å². The molecule has 0 saturated heterocycles. The summed E-state index contributed by atoms with van der Waals surface area (Å²) in [7, 11) is 3.40. The van der Waals surface area contributed by atoms with Crippen LogP contribution in [0.4, 0.5) is 0 Å². The fraction of sp³-hybridized carbons (Fsp3) is 0.538. The number of benzene rings is 1. The Morgan fingerprint density at radius 3 is 2.53 bits per heavy atom. The number of aliphatic hydroxyl groups is 1. The molecule has 96 valence electrons. The van der Waals surface area contributed by atoms with Crippen molar-refractivity contribution in [1.29, 1.82) is 0 Å². The lowest BCUT2D eigenvalue weighted by Gasteiger charge is -2.28. The molecule has 0 fully saturated rings. The van der Waals surface area contributed by atoms with Crippen LogP contribution in [0.5, 0.6) is 5.75 Å². The van der Waals surface area contributed by atoms with Gasteiger partial charge in [-0.05, 0) is 45.0 Å². The Balaban J connectivity index is 3.45. The van der Waals surface area contributed by atoms with Gasteiger partial charge in [0.2, 0.25) is 0 Å². The van der Waals surface area contributed by atoms with Crippen molar-refractivity contribution >= 4 is 11.6 Å². The van der Waals surface area contributed by atoms with Crippen LogP contribution in [0.25, 0.3) is 0 Å². The molecule has 1 aromatic rings. The van der Waals surface area contributed by atoms with E-state index < -0.39 is 5.60 Å². The summed E-state index contributed by atoms with van der Waals surface area (Å²) in [5.74, 6) is 0.671. The number of likely N-dealkylation sites (N-methyl/N-ethyl adjacent to an activating group) is 1. The predicted molar refractivity (Wildman–Crippen MR) is 71.0 cm³/mol. The average Bonchev–Trinajstić information content (AvgIpc) is 2.24. The average molecular weight is 258 g/mol. The van der Waals surface area contributed by atoms with E-state index in [1.165, 1.54) is 0 Å². The van der Waals surface area contributed by atoms with Gasteiger partial charge in [-0.1, -0.05) is 11.6 Å². The molecule has 3 nitrogen and oxygen atoms in total. The summed E-state index contributed by atoms with van der Waals surface area (Å²) in [4.78, 5) is 0. The van der Waals surface area contributed by atoms with Crippen LogP contribution in [0.2, 0.25) is 5.02 Å². The fourth-order valence-electron chi connectivity index (χ4n) is 2.19. The summed E-state index contributed by atoms with van der Waals surface area (Å²) < 4.78 is 5.35. The predicted octanol–water partition coefficient (Wildman–Crippen LogP) is 2.39. The number of methoxy groups -OCH3 is 1. The van der Waals surface area contributed by atoms with Crippen molar-refractivity contribution in [3.05, 3.63) is 27.8 Å². The van der Waals surface area contributed by atoms with Crippen LogP contribution in [0.15, 0.2) is 6.07 Å². The number of ether oxygens (including phenoxy) is 1. The van der Waals surface area contributed by atoms with Crippen molar-refractivity contribution in [2.45, 2.75) is 26.4 Å². The third-order valence-electron chi connectivity index (χ3n) is 2.92. The first-order valence-electron chi connectivity index (χ1n) is 5.56. The first-order valence-corrected chi connectivity index (χ1v) is 5.94. The molecule has 0 radical (unpaired) electrons. The molecular weight excluding hydrogens is 238 g/mol. The summed E-state index contributed by atoms with van der Waals surface area (Å²) in [5.41, 5.74) is 1.54. The largest absolute Gasteiger partial charge is 0.496 e. The van der Waals surface area contributed by atoms with E-state index in [0.717, 1.165) is 16.7 Å². The summed E-state index contributed by atoms with van der Waals surface area (Å²) >= 11 is 6.23. The van der Waals surface area contributed by atoms with Gasteiger partial charge in [0.15, 0.2) is 0 Å². The SMILES string of the molecule is CNCC(C)(O)c1c(OC)cc(C)c(Cl)c1C. The minimum absolute atomic E-state index is 0.434. The third-order valence-corrected chi connectivity index (χ3v) is 3.51. The Bertz CT molecular complexity index is 416. The topological polar surface area (TPSA) is 41.5 Å². The van der Waals surface area contributed by atoms with Gasteiger partial charge in [0.1, 0.15) is 11.4 Å². The number of aryl methyl sites for hydroxylation is 1. The van der Waals surface area contributed by atoms with Gasteiger partial charge in [-0.3, -0.25) is 0 Å². The molecular formula is C13H20ClNO2. The minimum Gasteiger partial charge on any atom is -0.496 e. The lowest BCUT2D eigenvalue weighted by Crippen LogP contribution is -2.34. The highest BCUT2D eigenvalue weighted by molar-refractivity contribution is 6.32. The number of rotatable bonds is 4. The van der Waals surface area contributed by atoms with E-state index in [-0.39, 0.29) is 0 Å². The molecule has 0 saturated carbocycles. The van der Waals surface area contributed by atoms with E-state index in [1.807, 2.05) is 19.9 Å². The van der Waals surface area contributed by atoms with Gasteiger partial charge in [0.25, 0.3) is 0 Å². The van der Waals surface area contributed by atoms with Gasteiger partial charge in [-0.25, -0.2) is 0 Å². The maximum absolute atomic E-state index is 10.5. The van der Waals surface area contributed by atoms with Crippen LogP contribution in [0.3, 0.4) is 0 Å².